The molecule has 2 N–H and O–H groups in total. The molecule has 0 radical (unpaired) electrons. The third kappa shape index (κ3) is 10.9. The summed E-state index contributed by atoms with van der Waals surface area (Å²) in [5, 5.41) is 3.68. The fourth-order valence-electron chi connectivity index (χ4n) is 7.64. The fraction of sp³-hybridized carbons (Fsp3) is 0.277. The Kier molecular flexibility index (Phi) is 14.3. The predicted molar refractivity (Wildman–Crippen MR) is 255 cm³/mol. The average Bonchev–Trinajstić information content (AvgIpc) is 3.57. The van der Waals surface area contributed by atoms with Crippen molar-refractivity contribution in [3.05, 3.63) is 138 Å². The lowest BCUT2D eigenvalue weighted by Gasteiger charge is -2.37. The number of alkyl halides is 3. The van der Waals surface area contributed by atoms with Gasteiger partial charge in [0.15, 0.2) is 0 Å². The lowest BCUT2D eigenvalue weighted by Crippen LogP contribution is -2.46. The number of nitrogens with zero attached hydrogens (tertiary/aromatic N) is 4. The first-order valence-corrected chi connectivity index (χ1v) is 24.9. The van der Waals surface area contributed by atoms with Crippen molar-refractivity contribution in [2.75, 3.05) is 72.4 Å². The molecule has 7 rings (SSSR count). The second kappa shape index (κ2) is 19.5. The van der Waals surface area contributed by atoms with Gasteiger partial charge in [0.25, 0.3) is 19.9 Å². The Bertz CT molecular complexity index is 2780. The fourth-order valence-corrected chi connectivity index (χ4v) is 10.9. The van der Waals surface area contributed by atoms with Crippen LogP contribution in [-0.4, -0.2) is 90.4 Å². The molecule has 338 valence electrons. The number of aryl methyl sites for hydroxylation is 1. The number of anilines is 4. The van der Waals surface area contributed by atoms with E-state index < -0.39 is 41.2 Å². The van der Waals surface area contributed by atoms with Crippen molar-refractivity contribution >= 4 is 66.0 Å². The van der Waals surface area contributed by atoms with E-state index in [-0.39, 0.29) is 11.4 Å². The van der Waals surface area contributed by atoms with E-state index in [9.17, 15) is 30.0 Å². The molecule has 2 heterocycles. The predicted octanol–water partition coefficient (Wildman–Crippen LogP) is 10.3. The minimum atomic E-state index is -5.96. The molecular formula is C47H50ClF3N6O4S3. The largest absolute Gasteiger partial charge is 0.501 e. The lowest BCUT2D eigenvalue weighted by molar-refractivity contribution is -0.0435. The summed E-state index contributed by atoms with van der Waals surface area (Å²) in [6, 6.07) is 37.0. The van der Waals surface area contributed by atoms with Crippen molar-refractivity contribution in [1.82, 2.24) is 9.47 Å². The number of rotatable bonds is 16. The van der Waals surface area contributed by atoms with Gasteiger partial charge in [-0.2, -0.15) is 13.2 Å². The maximum Gasteiger partial charge on any atom is 0.501 e. The van der Waals surface area contributed by atoms with Crippen molar-refractivity contribution in [2.24, 2.45) is 7.05 Å². The molecule has 1 aromatic heterocycles. The second-order valence-electron chi connectivity index (χ2n) is 16.0. The lowest BCUT2D eigenvalue weighted by atomic mass is 10.0. The molecule has 0 spiro atoms. The first kappa shape index (κ1) is 46.9. The quantitative estimate of drug-likeness (QED) is 0.0918. The Morgan fingerprint density at radius 1 is 0.766 bits per heavy atom. The van der Waals surface area contributed by atoms with Gasteiger partial charge >= 0.3 is 5.51 Å². The van der Waals surface area contributed by atoms with Crippen LogP contribution in [0.4, 0.5) is 35.9 Å². The molecule has 10 nitrogen and oxygen atoms in total. The van der Waals surface area contributed by atoms with Gasteiger partial charge in [0, 0.05) is 83.3 Å². The Labute approximate surface area is 383 Å². The number of aromatic nitrogens is 1. The summed E-state index contributed by atoms with van der Waals surface area (Å²) in [5.74, 6) is 0.409. The van der Waals surface area contributed by atoms with Gasteiger partial charge in [-0.1, -0.05) is 54.1 Å². The third-order valence-corrected chi connectivity index (χ3v) is 15.5. The monoisotopic (exact) mass is 950 g/mol. The Morgan fingerprint density at radius 2 is 1.42 bits per heavy atom. The molecule has 1 saturated heterocycles. The number of sulfonamides is 1. The van der Waals surface area contributed by atoms with Gasteiger partial charge in [0.1, 0.15) is 4.90 Å². The highest BCUT2D eigenvalue weighted by Crippen LogP contribution is 2.39. The number of hydrogen-bond donors (Lipinski definition) is 2. The van der Waals surface area contributed by atoms with Crippen LogP contribution in [0.5, 0.6) is 0 Å². The summed E-state index contributed by atoms with van der Waals surface area (Å²) in [6.45, 7) is 5.54. The van der Waals surface area contributed by atoms with E-state index in [1.807, 2.05) is 73.6 Å². The Morgan fingerprint density at radius 3 is 2.06 bits per heavy atom. The highest BCUT2D eigenvalue weighted by atomic mass is 35.5. The number of piperazine rings is 1. The van der Waals surface area contributed by atoms with Crippen LogP contribution in [0, 0.1) is 6.92 Å². The molecule has 5 aromatic carbocycles. The van der Waals surface area contributed by atoms with E-state index in [2.05, 4.69) is 68.7 Å². The summed E-state index contributed by atoms with van der Waals surface area (Å²) in [6.07, 6.45) is 0.473. The van der Waals surface area contributed by atoms with E-state index >= 15 is 0 Å². The van der Waals surface area contributed by atoms with Gasteiger partial charge < -0.3 is 24.6 Å². The first-order chi connectivity index (χ1) is 30.4. The van der Waals surface area contributed by atoms with Crippen molar-refractivity contribution < 1.29 is 30.0 Å². The van der Waals surface area contributed by atoms with E-state index in [0.717, 1.165) is 69.6 Å². The molecule has 64 heavy (non-hydrogen) atoms. The van der Waals surface area contributed by atoms with Crippen LogP contribution in [0.1, 0.15) is 12.1 Å². The average molecular weight is 952 g/mol. The summed E-state index contributed by atoms with van der Waals surface area (Å²) in [4.78, 5) is 5.59. The highest BCUT2D eigenvalue weighted by Gasteiger charge is 2.48. The summed E-state index contributed by atoms with van der Waals surface area (Å²) in [7, 11) is -4.71. The zero-order valence-corrected chi connectivity index (χ0v) is 39.0. The van der Waals surface area contributed by atoms with Gasteiger partial charge in [-0.05, 0) is 130 Å². The van der Waals surface area contributed by atoms with E-state index in [0.29, 0.717) is 42.9 Å². The number of benzene rings is 5. The van der Waals surface area contributed by atoms with Crippen LogP contribution in [0.2, 0.25) is 5.02 Å². The zero-order valence-electron chi connectivity index (χ0n) is 35.8. The summed E-state index contributed by atoms with van der Waals surface area (Å²) in [5.41, 5.74) is 1.70. The van der Waals surface area contributed by atoms with Crippen molar-refractivity contribution in [1.29, 1.82) is 0 Å². The first-order valence-electron chi connectivity index (χ1n) is 20.6. The number of nitrogens with one attached hydrogen (secondary N) is 2. The van der Waals surface area contributed by atoms with Crippen LogP contribution in [0.15, 0.2) is 142 Å². The number of sulfone groups is 1. The molecule has 0 aliphatic carbocycles. The summed E-state index contributed by atoms with van der Waals surface area (Å²) < 4.78 is 100. The molecule has 0 bridgehead atoms. The van der Waals surface area contributed by atoms with Gasteiger partial charge in [-0.15, -0.1) is 11.8 Å². The van der Waals surface area contributed by atoms with Crippen molar-refractivity contribution in [2.45, 2.75) is 39.6 Å². The molecular weight excluding hydrogens is 901 g/mol. The maximum atomic E-state index is 14.1. The van der Waals surface area contributed by atoms with Crippen molar-refractivity contribution in [3.63, 3.8) is 0 Å². The zero-order chi connectivity index (χ0) is 45.8. The van der Waals surface area contributed by atoms with E-state index in [4.69, 9.17) is 11.6 Å². The summed E-state index contributed by atoms with van der Waals surface area (Å²) >= 11 is 7.66. The standard InChI is InChI=1S/C47H50ClF3N6O4S3/c1-33-29-43(46(55(33)4)34-13-15-36(48)16-14-34)35-9-8-10-40(30-35)57-27-25-56(26-28-57)39-19-17-37(18-20-39)53-64(60,61)42-21-22-44(45(31-42)63(58,59)47(49,50)51)52-38(23-24-54(2)3)32-62-41-11-6-5-7-12-41/h5-22,29-31,38,52-53H,23-28,32H2,1-4H3/t38-/m1/s1. The van der Waals surface area contributed by atoms with Crippen LogP contribution in [-0.2, 0) is 26.9 Å². The molecule has 0 saturated carbocycles. The van der Waals surface area contributed by atoms with Crippen LogP contribution >= 0.6 is 23.4 Å². The minimum absolute atomic E-state index is 0.164. The van der Waals surface area contributed by atoms with Crippen molar-refractivity contribution in [3.8, 4) is 22.4 Å². The molecule has 6 aromatic rings. The molecule has 1 aliphatic rings. The molecule has 0 amide bonds. The van der Waals surface area contributed by atoms with Crippen LogP contribution < -0.4 is 19.8 Å². The second-order valence-corrected chi connectivity index (χ2v) is 21.1. The number of hydrogen-bond acceptors (Lipinski definition) is 9. The van der Waals surface area contributed by atoms with E-state index in [1.165, 1.54) is 11.8 Å². The van der Waals surface area contributed by atoms with Crippen LogP contribution in [0.25, 0.3) is 22.4 Å². The normalized spacial score (nSPS) is 14.2. The molecule has 17 heteroatoms. The SMILES string of the molecule is Cc1cc(-c2cccc(N3CCN(c4ccc(NS(=O)(=O)c5ccc(N[C@H](CCN(C)C)CSc6ccccc6)c(S(=O)(=O)C(F)(F)F)c5)cc4)CC3)c2)c(-c2ccc(Cl)cc2)n1C. The topological polar surface area (TPSA) is 107 Å². The molecule has 1 atom stereocenters. The maximum absolute atomic E-state index is 14.1. The van der Waals surface area contributed by atoms with E-state index in [1.54, 1.807) is 24.3 Å². The molecule has 1 fully saturated rings. The van der Waals surface area contributed by atoms with Gasteiger partial charge in [-0.25, -0.2) is 16.8 Å². The Hall–Kier alpha value is -5.13. The van der Waals surface area contributed by atoms with Gasteiger partial charge in [0.2, 0.25) is 0 Å². The molecule has 1 aliphatic heterocycles. The Balaban J connectivity index is 1.03. The molecule has 0 unspecified atom stereocenters. The van der Waals surface area contributed by atoms with Gasteiger partial charge in [0.05, 0.1) is 16.3 Å². The number of thioether (sulfide) groups is 1. The highest BCUT2D eigenvalue weighted by molar-refractivity contribution is 7.99. The minimum Gasteiger partial charge on any atom is -0.380 e. The van der Waals surface area contributed by atoms with Gasteiger partial charge in [-0.3, -0.25) is 4.72 Å². The number of halogens is 4. The van der Waals surface area contributed by atoms with Crippen LogP contribution in [0.3, 0.4) is 0 Å². The smallest absolute Gasteiger partial charge is 0.380 e. The third-order valence-electron chi connectivity index (χ3n) is 11.2.